The second kappa shape index (κ2) is 5.77. The summed E-state index contributed by atoms with van der Waals surface area (Å²) in [5.41, 5.74) is 0.549. The summed E-state index contributed by atoms with van der Waals surface area (Å²) in [5.74, 6) is 0.0289. The molecule has 0 bridgehead atoms. The van der Waals surface area contributed by atoms with Gasteiger partial charge in [-0.3, -0.25) is 9.48 Å². The van der Waals surface area contributed by atoms with Gasteiger partial charge in [0.1, 0.15) is 0 Å². The number of hydrogen-bond donors (Lipinski definition) is 2. The summed E-state index contributed by atoms with van der Waals surface area (Å²) in [6.07, 6.45) is 3.71. The van der Waals surface area contributed by atoms with Crippen LogP contribution in [0.3, 0.4) is 0 Å². The van der Waals surface area contributed by atoms with Crippen LogP contribution in [0.2, 0.25) is 0 Å². The van der Waals surface area contributed by atoms with Gasteiger partial charge >= 0.3 is 0 Å². The fraction of sp³-hybridized carbons (Fsp3) is 0.733. The molecule has 1 aromatic rings. The second-order valence-electron chi connectivity index (χ2n) is 6.29. The minimum absolute atomic E-state index is 0.0289. The first kappa shape index (κ1) is 14.5. The first-order valence-corrected chi connectivity index (χ1v) is 7.79. The van der Waals surface area contributed by atoms with E-state index in [1.165, 1.54) is 0 Å². The van der Waals surface area contributed by atoms with Gasteiger partial charge in [0.15, 0.2) is 0 Å². The molecular weight excluding hydrogens is 268 g/mol. The van der Waals surface area contributed by atoms with E-state index in [2.05, 4.69) is 15.3 Å². The molecular formula is C15H24N4O2. The Bertz CT molecular complexity index is 516. The average Bonchev–Trinajstić information content (AvgIpc) is 2.89. The van der Waals surface area contributed by atoms with Gasteiger partial charge in [0.25, 0.3) is 0 Å². The Morgan fingerprint density at radius 1 is 1.52 bits per heavy atom. The van der Waals surface area contributed by atoms with Crippen molar-refractivity contribution in [2.75, 3.05) is 26.2 Å². The second-order valence-corrected chi connectivity index (χ2v) is 6.29. The Labute approximate surface area is 125 Å². The summed E-state index contributed by atoms with van der Waals surface area (Å²) in [6.45, 7) is 5.97. The zero-order valence-electron chi connectivity index (χ0n) is 12.6. The first-order chi connectivity index (χ1) is 10.1. The average molecular weight is 292 g/mol. The number of carbonyl (C=O) groups is 1. The van der Waals surface area contributed by atoms with Gasteiger partial charge in [0.05, 0.1) is 18.1 Å². The Morgan fingerprint density at radius 2 is 2.38 bits per heavy atom. The maximum atomic E-state index is 12.3. The summed E-state index contributed by atoms with van der Waals surface area (Å²) in [6, 6.07) is 2.00. The minimum Gasteiger partial charge on any atom is -0.392 e. The normalized spacial score (nSPS) is 30.6. The minimum atomic E-state index is -0.602. The molecule has 0 unspecified atom stereocenters. The van der Waals surface area contributed by atoms with E-state index >= 15 is 0 Å². The van der Waals surface area contributed by atoms with E-state index in [0.29, 0.717) is 13.0 Å². The monoisotopic (exact) mass is 292 g/mol. The molecule has 116 valence electrons. The van der Waals surface area contributed by atoms with Crippen molar-refractivity contribution < 1.29 is 9.90 Å². The first-order valence-electron chi connectivity index (χ1n) is 7.79. The topological polar surface area (TPSA) is 70.4 Å². The third kappa shape index (κ3) is 2.70. The van der Waals surface area contributed by atoms with E-state index < -0.39 is 11.5 Å². The van der Waals surface area contributed by atoms with Crippen LogP contribution in [-0.4, -0.2) is 58.0 Å². The molecule has 6 nitrogen and oxygen atoms in total. The van der Waals surface area contributed by atoms with Gasteiger partial charge in [-0.15, -0.1) is 0 Å². The Hall–Kier alpha value is -1.40. The van der Waals surface area contributed by atoms with Crippen molar-refractivity contribution in [3.63, 3.8) is 0 Å². The lowest BCUT2D eigenvalue weighted by molar-refractivity contribution is -0.149. The standard InChI is InChI=1S/C15H24N4O2/c1-12-3-7-17-19(12)10-9-18-8-4-13(20)15(11-18)5-2-6-16-14(15)21/h3,7,13,20H,2,4-6,8-11H2,1H3,(H,16,21)/t13-,15-/m1/s1. The van der Waals surface area contributed by atoms with Gasteiger partial charge in [-0.05, 0) is 32.3 Å². The van der Waals surface area contributed by atoms with Crippen molar-refractivity contribution in [2.45, 2.75) is 38.8 Å². The molecule has 2 atom stereocenters. The molecule has 6 heteroatoms. The molecule has 2 saturated heterocycles. The van der Waals surface area contributed by atoms with Crippen LogP contribution in [-0.2, 0) is 11.3 Å². The zero-order valence-corrected chi connectivity index (χ0v) is 12.6. The van der Waals surface area contributed by atoms with Crippen molar-refractivity contribution in [1.29, 1.82) is 0 Å². The van der Waals surface area contributed by atoms with Crippen molar-refractivity contribution in [3.05, 3.63) is 18.0 Å². The van der Waals surface area contributed by atoms with E-state index in [0.717, 1.165) is 44.7 Å². The van der Waals surface area contributed by atoms with Gasteiger partial charge in [0, 0.05) is 38.1 Å². The number of hydrogen-bond acceptors (Lipinski definition) is 4. The third-order valence-electron chi connectivity index (χ3n) is 4.96. The number of aliphatic hydroxyl groups is 1. The van der Waals surface area contributed by atoms with E-state index in [1.54, 1.807) is 0 Å². The maximum absolute atomic E-state index is 12.3. The van der Waals surface area contributed by atoms with Gasteiger partial charge in [-0.25, -0.2) is 0 Å². The number of nitrogens with one attached hydrogen (secondary N) is 1. The van der Waals surface area contributed by atoms with Crippen LogP contribution in [0.15, 0.2) is 12.3 Å². The molecule has 3 heterocycles. The molecule has 2 aliphatic heterocycles. The smallest absolute Gasteiger partial charge is 0.230 e. The van der Waals surface area contributed by atoms with Crippen LogP contribution in [0, 0.1) is 12.3 Å². The zero-order chi connectivity index (χ0) is 14.9. The van der Waals surface area contributed by atoms with Crippen LogP contribution < -0.4 is 5.32 Å². The predicted octanol–water partition coefficient (Wildman–Crippen LogP) is 0.155. The van der Waals surface area contributed by atoms with Crippen LogP contribution in [0.5, 0.6) is 0 Å². The Balaban J connectivity index is 1.65. The van der Waals surface area contributed by atoms with Crippen molar-refractivity contribution in [1.82, 2.24) is 20.0 Å². The number of aryl methyl sites for hydroxylation is 1. The van der Waals surface area contributed by atoms with Gasteiger partial charge in [-0.2, -0.15) is 5.10 Å². The van der Waals surface area contributed by atoms with Crippen LogP contribution in [0.1, 0.15) is 25.0 Å². The molecule has 3 rings (SSSR count). The van der Waals surface area contributed by atoms with E-state index in [9.17, 15) is 9.90 Å². The number of carbonyl (C=O) groups excluding carboxylic acids is 1. The molecule has 2 fully saturated rings. The highest BCUT2D eigenvalue weighted by molar-refractivity contribution is 5.84. The van der Waals surface area contributed by atoms with Crippen molar-refractivity contribution in [2.24, 2.45) is 5.41 Å². The van der Waals surface area contributed by atoms with Gasteiger partial charge in [-0.1, -0.05) is 0 Å². The highest BCUT2D eigenvalue weighted by Crippen LogP contribution is 2.37. The number of amides is 1. The number of aromatic nitrogens is 2. The van der Waals surface area contributed by atoms with Gasteiger partial charge in [0.2, 0.25) is 5.91 Å². The SMILES string of the molecule is Cc1ccnn1CCN1CC[C@@H](O)[C@@]2(CCCNC2=O)C1. The lowest BCUT2D eigenvalue weighted by atomic mass is 9.71. The summed E-state index contributed by atoms with van der Waals surface area (Å²) in [4.78, 5) is 14.6. The molecule has 0 saturated carbocycles. The molecule has 1 aromatic heterocycles. The van der Waals surface area contributed by atoms with Crippen molar-refractivity contribution >= 4 is 5.91 Å². The van der Waals surface area contributed by atoms with E-state index in [-0.39, 0.29) is 5.91 Å². The fourth-order valence-electron chi connectivity index (χ4n) is 3.59. The lowest BCUT2D eigenvalue weighted by Gasteiger charge is -2.47. The predicted molar refractivity (Wildman–Crippen MR) is 78.7 cm³/mol. The summed E-state index contributed by atoms with van der Waals surface area (Å²) in [7, 11) is 0. The highest BCUT2D eigenvalue weighted by Gasteiger charge is 2.49. The van der Waals surface area contributed by atoms with Crippen LogP contribution >= 0.6 is 0 Å². The molecule has 2 N–H and O–H groups in total. The molecule has 1 spiro atoms. The molecule has 0 aromatic carbocycles. The Kier molecular flexibility index (Phi) is 3.99. The number of aliphatic hydroxyl groups excluding tert-OH is 1. The molecule has 0 aliphatic carbocycles. The highest BCUT2D eigenvalue weighted by atomic mass is 16.3. The van der Waals surface area contributed by atoms with Crippen LogP contribution in [0.4, 0.5) is 0 Å². The maximum Gasteiger partial charge on any atom is 0.230 e. The molecule has 21 heavy (non-hydrogen) atoms. The molecule has 2 aliphatic rings. The molecule has 0 radical (unpaired) electrons. The largest absolute Gasteiger partial charge is 0.392 e. The summed E-state index contributed by atoms with van der Waals surface area (Å²) in [5, 5.41) is 17.6. The number of likely N-dealkylation sites (tertiary alicyclic amines) is 1. The van der Waals surface area contributed by atoms with Gasteiger partial charge < -0.3 is 15.3 Å². The summed E-state index contributed by atoms with van der Waals surface area (Å²) >= 11 is 0. The lowest BCUT2D eigenvalue weighted by Crippen LogP contribution is -2.61. The van der Waals surface area contributed by atoms with Crippen LogP contribution in [0.25, 0.3) is 0 Å². The number of rotatable bonds is 3. The fourth-order valence-corrected chi connectivity index (χ4v) is 3.59. The Morgan fingerprint density at radius 3 is 3.10 bits per heavy atom. The summed E-state index contributed by atoms with van der Waals surface area (Å²) < 4.78 is 1.98. The quantitative estimate of drug-likeness (QED) is 0.832. The van der Waals surface area contributed by atoms with E-state index in [1.807, 2.05) is 23.9 Å². The third-order valence-corrected chi connectivity index (χ3v) is 4.96. The van der Waals surface area contributed by atoms with Crippen molar-refractivity contribution in [3.8, 4) is 0 Å². The number of nitrogens with zero attached hydrogens (tertiary/aromatic N) is 3. The molecule has 1 amide bonds. The number of piperidine rings is 2. The van der Waals surface area contributed by atoms with E-state index in [4.69, 9.17) is 0 Å².